The Labute approximate surface area is 101 Å². The molecule has 2 rings (SSSR count). The topological polar surface area (TPSA) is 42.2 Å². The van der Waals surface area contributed by atoms with Crippen molar-refractivity contribution in [3.8, 4) is 0 Å². The van der Waals surface area contributed by atoms with Gasteiger partial charge in [-0.15, -0.1) is 0 Å². The van der Waals surface area contributed by atoms with Gasteiger partial charge in [0, 0.05) is 37.8 Å². The first kappa shape index (κ1) is 11.5. The van der Waals surface area contributed by atoms with Crippen LogP contribution in [0.3, 0.4) is 0 Å². The molecule has 1 aliphatic rings. The second kappa shape index (κ2) is 6.58. The first-order chi connectivity index (χ1) is 7.95. The molecule has 0 unspecified atom stereocenters. The van der Waals surface area contributed by atoms with E-state index < -0.39 is 0 Å². The Balaban J connectivity index is 1.53. The number of amidine groups is 1. The molecule has 5 heteroatoms. The normalized spacial score (nSPS) is 15.9. The van der Waals surface area contributed by atoms with E-state index in [2.05, 4.69) is 19.9 Å². The molecule has 0 aliphatic carbocycles. The van der Waals surface area contributed by atoms with Crippen LogP contribution in [0.5, 0.6) is 0 Å². The van der Waals surface area contributed by atoms with Gasteiger partial charge in [-0.2, -0.15) is 0 Å². The molecule has 1 aromatic rings. The van der Waals surface area contributed by atoms with Crippen LogP contribution in [0.4, 0.5) is 0 Å². The van der Waals surface area contributed by atoms with Gasteiger partial charge in [-0.25, -0.2) is 4.98 Å². The monoisotopic (exact) mass is 238 g/mol. The summed E-state index contributed by atoms with van der Waals surface area (Å²) in [5.41, 5.74) is 0. The highest BCUT2D eigenvalue weighted by Crippen LogP contribution is 2.09. The second-order valence-electron chi connectivity index (χ2n) is 3.82. The van der Waals surface area contributed by atoms with Crippen molar-refractivity contribution in [3.05, 3.63) is 18.7 Å². The summed E-state index contributed by atoms with van der Waals surface area (Å²) in [6.07, 6.45) is 9.28. The summed E-state index contributed by atoms with van der Waals surface area (Å²) in [6, 6.07) is 0. The highest BCUT2D eigenvalue weighted by molar-refractivity contribution is 8.13. The van der Waals surface area contributed by atoms with Gasteiger partial charge in [0.25, 0.3) is 0 Å². The third kappa shape index (κ3) is 3.89. The van der Waals surface area contributed by atoms with Crippen LogP contribution in [0.15, 0.2) is 23.7 Å². The summed E-state index contributed by atoms with van der Waals surface area (Å²) >= 11 is 1.84. The van der Waals surface area contributed by atoms with Crippen LogP contribution in [0, 0.1) is 0 Å². The molecule has 0 bridgehead atoms. The number of nitrogens with one attached hydrogen (secondary N) is 1. The molecule has 1 N–H and O–H groups in total. The van der Waals surface area contributed by atoms with Crippen molar-refractivity contribution in [3.63, 3.8) is 0 Å². The molecule has 88 valence electrons. The van der Waals surface area contributed by atoms with Crippen molar-refractivity contribution in [1.82, 2.24) is 14.9 Å². The number of aromatic nitrogens is 2. The molecule has 0 fully saturated rings. The molecule has 1 aromatic heterocycles. The van der Waals surface area contributed by atoms with Crippen molar-refractivity contribution < 1.29 is 0 Å². The summed E-state index contributed by atoms with van der Waals surface area (Å²) in [7, 11) is 0. The van der Waals surface area contributed by atoms with E-state index >= 15 is 0 Å². The molecule has 16 heavy (non-hydrogen) atoms. The summed E-state index contributed by atoms with van der Waals surface area (Å²) in [4.78, 5) is 8.45. The zero-order chi connectivity index (χ0) is 11.1. The van der Waals surface area contributed by atoms with E-state index in [9.17, 15) is 0 Å². The van der Waals surface area contributed by atoms with Gasteiger partial charge in [-0.3, -0.25) is 4.99 Å². The van der Waals surface area contributed by atoms with Crippen LogP contribution in [0.25, 0.3) is 0 Å². The number of hydrogen-bond acceptors (Lipinski definition) is 4. The van der Waals surface area contributed by atoms with E-state index in [0.29, 0.717) is 0 Å². The lowest BCUT2D eigenvalue weighted by Crippen LogP contribution is -2.24. The fraction of sp³-hybridized carbons (Fsp3) is 0.636. The number of aliphatic imine (C=N–C) groups is 1. The van der Waals surface area contributed by atoms with Crippen LogP contribution < -0.4 is 5.32 Å². The van der Waals surface area contributed by atoms with E-state index in [1.54, 1.807) is 0 Å². The molecule has 1 aliphatic heterocycles. The molecule has 0 saturated carbocycles. The Morgan fingerprint density at radius 3 is 3.19 bits per heavy atom. The zero-order valence-electron chi connectivity index (χ0n) is 9.43. The minimum absolute atomic E-state index is 0.990. The zero-order valence-corrected chi connectivity index (χ0v) is 10.2. The van der Waals surface area contributed by atoms with Crippen LogP contribution in [-0.2, 0) is 6.54 Å². The van der Waals surface area contributed by atoms with E-state index in [-0.39, 0.29) is 0 Å². The molecule has 0 radical (unpaired) electrons. The van der Waals surface area contributed by atoms with Gasteiger partial charge >= 0.3 is 0 Å². The first-order valence-corrected chi connectivity index (χ1v) is 6.80. The third-order valence-corrected chi connectivity index (χ3v) is 3.51. The van der Waals surface area contributed by atoms with E-state index in [1.165, 1.54) is 25.0 Å². The number of imidazole rings is 1. The third-order valence-electron chi connectivity index (χ3n) is 2.48. The Morgan fingerprint density at radius 1 is 1.44 bits per heavy atom. The minimum Gasteiger partial charge on any atom is -0.365 e. The number of aryl methyl sites for hydroxylation is 1. The van der Waals surface area contributed by atoms with Gasteiger partial charge in [-0.1, -0.05) is 11.8 Å². The predicted molar refractivity (Wildman–Crippen MR) is 68.8 cm³/mol. The lowest BCUT2D eigenvalue weighted by Gasteiger charge is -2.12. The van der Waals surface area contributed by atoms with Crippen LogP contribution in [0.1, 0.15) is 19.3 Å². The minimum atomic E-state index is 0.990. The maximum absolute atomic E-state index is 4.43. The fourth-order valence-corrected chi connectivity index (χ4v) is 2.45. The Kier molecular flexibility index (Phi) is 4.73. The average Bonchev–Trinajstić information content (AvgIpc) is 2.83. The van der Waals surface area contributed by atoms with Crippen molar-refractivity contribution in [2.24, 2.45) is 4.99 Å². The highest BCUT2D eigenvalue weighted by atomic mass is 32.2. The van der Waals surface area contributed by atoms with Gasteiger partial charge in [0.2, 0.25) is 0 Å². The summed E-state index contributed by atoms with van der Waals surface area (Å²) < 4.78 is 2.12. The molecular weight excluding hydrogens is 220 g/mol. The second-order valence-corrected chi connectivity index (χ2v) is 4.91. The van der Waals surface area contributed by atoms with Crippen molar-refractivity contribution in [2.45, 2.75) is 25.8 Å². The molecular formula is C11H18N4S. The maximum Gasteiger partial charge on any atom is 0.156 e. The molecule has 0 spiro atoms. The van der Waals surface area contributed by atoms with Gasteiger partial charge < -0.3 is 9.88 Å². The fourth-order valence-electron chi connectivity index (χ4n) is 1.60. The SMILES string of the molecule is c1cn(CCCCNC2=NCCCS2)cn1. The number of nitrogens with zero attached hydrogens (tertiary/aromatic N) is 3. The lowest BCUT2D eigenvalue weighted by molar-refractivity contribution is 0.603. The summed E-state index contributed by atoms with van der Waals surface area (Å²) in [6.45, 7) is 3.08. The van der Waals surface area contributed by atoms with Gasteiger partial charge in [0.1, 0.15) is 0 Å². The van der Waals surface area contributed by atoms with E-state index in [4.69, 9.17) is 0 Å². The first-order valence-electron chi connectivity index (χ1n) is 5.82. The predicted octanol–water partition coefficient (Wildman–Crippen LogP) is 1.75. The quantitative estimate of drug-likeness (QED) is 0.795. The summed E-state index contributed by atoms with van der Waals surface area (Å²) in [5.74, 6) is 1.21. The number of unbranched alkanes of at least 4 members (excludes halogenated alkanes) is 1. The van der Waals surface area contributed by atoms with Gasteiger partial charge in [-0.05, 0) is 19.3 Å². The van der Waals surface area contributed by atoms with E-state index in [1.807, 2.05) is 30.5 Å². The summed E-state index contributed by atoms with van der Waals surface area (Å²) in [5, 5.41) is 4.52. The number of rotatable bonds is 5. The molecule has 0 atom stereocenters. The van der Waals surface area contributed by atoms with Crippen molar-refractivity contribution >= 4 is 16.9 Å². The number of hydrogen-bond donors (Lipinski definition) is 1. The molecule has 4 nitrogen and oxygen atoms in total. The maximum atomic E-state index is 4.43. The standard InChI is InChI=1S/C11H18N4S/c1(2-7-15-8-6-12-10-15)4-13-11-14-5-3-9-16-11/h6,8,10H,1-5,7,9H2,(H,13,14). The largest absolute Gasteiger partial charge is 0.365 e. The van der Waals surface area contributed by atoms with Crippen molar-refractivity contribution in [2.75, 3.05) is 18.8 Å². The van der Waals surface area contributed by atoms with Crippen LogP contribution in [-0.4, -0.2) is 33.6 Å². The molecule has 0 amide bonds. The van der Waals surface area contributed by atoms with E-state index in [0.717, 1.165) is 24.8 Å². The Morgan fingerprint density at radius 2 is 2.44 bits per heavy atom. The number of thioether (sulfide) groups is 1. The van der Waals surface area contributed by atoms with Gasteiger partial charge in [0.15, 0.2) is 5.17 Å². The highest BCUT2D eigenvalue weighted by Gasteiger charge is 2.03. The van der Waals surface area contributed by atoms with Gasteiger partial charge in [0.05, 0.1) is 6.33 Å². The van der Waals surface area contributed by atoms with Crippen LogP contribution >= 0.6 is 11.8 Å². The Hall–Kier alpha value is -0.970. The van der Waals surface area contributed by atoms with Crippen LogP contribution in [0.2, 0.25) is 0 Å². The lowest BCUT2D eigenvalue weighted by atomic mass is 10.3. The molecule has 0 saturated heterocycles. The smallest absolute Gasteiger partial charge is 0.156 e. The average molecular weight is 238 g/mol. The Bertz CT molecular complexity index is 321. The molecule has 2 heterocycles. The molecule has 0 aromatic carbocycles. The van der Waals surface area contributed by atoms with Crippen molar-refractivity contribution in [1.29, 1.82) is 0 Å².